The van der Waals surface area contributed by atoms with Crippen molar-refractivity contribution in [2.24, 2.45) is 0 Å². The highest BCUT2D eigenvalue weighted by atomic mass is 79.9. The maximum atomic E-state index is 13.3. The van der Waals surface area contributed by atoms with Crippen molar-refractivity contribution in [1.29, 1.82) is 0 Å². The van der Waals surface area contributed by atoms with Gasteiger partial charge < -0.3 is 14.9 Å². The van der Waals surface area contributed by atoms with E-state index in [1.165, 1.54) is 12.3 Å². The van der Waals surface area contributed by atoms with Crippen molar-refractivity contribution in [3.8, 4) is 0 Å². The molecule has 9 heteroatoms. The second-order valence-electron chi connectivity index (χ2n) is 6.84. The van der Waals surface area contributed by atoms with E-state index in [1.807, 2.05) is 0 Å². The Labute approximate surface area is 175 Å². The van der Waals surface area contributed by atoms with Gasteiger partial charge in [-0.2, -0.15) is 13.2 Å². The quantitative estimate of drug-likeness (QED) is 0.739. The van der Waals surface area contributed by atoms with Crippen molar-refractivity contribution < 1.29 is 23.1 Å². The third-order valence-electron chi connectivity index (χ3n) is 4.92. The average molecular weight is 472 g/mol. The Morgan fingerprint density at radius 1 is 1.14 bits per heavy atom. The zero-order valence-corrected chi connectivity index (χ0v) is 17.2. The Balaban J connectivity index is 1.71. The molecule has 1 saturated heterocycles. The van der Waals surface area contributed by atoms with E-state index < -0.39 is 11.7 Å². The Bertz CT molecular complexity index is 876. The molecule has 0 unspecified atom stereocenters. The third kappa shape index (κ3) is 5.27. The Hall–Kier alpha value is -2.13. The summed E-state index contributed by atoms with van der Waals surface area (Å²) in [6, 6.07) is 7.67. The molecule has 2 aromatic rings. The highest BCUT2D eigenvalue weighted by molar-refractivity contribution is 9.10. The monoisotopic (exact) mass is 471 g/mol. The van der Waals surface area contributed by atoms with Gasteiger partial charge >= 0.3 is 6.18 Å². The number of aliphatic hydroxyl groups excluding tert-OH is 1. The molecule has 0 atom stereocenters. The first-order valence-electron chi connectivity index (χ1n) is 9.22. The molecule has 1 aliphatic rings. The van der Waals surface area contributed by atoms with E-state index in [9.17, 15) is 23.1 Å². The number of nitrogens with zero attached hydrogens (tertiary/aromatic N) is 3. The molecule has 3 rings (SSSR count). The number of hydrogen-bond acceptors (Lipinski definition) is 4. The molecule has 1 aromatic carbocycles. The minimum absolute atomic E-state index is 0.0937. The summed E-state index contributed by atoms with van der Waals surface area (Å²) in [4.78, 5) is 20.0. The van der Waals surface area contributed by atoms with Gasteiger partial charge in [-0.1, -0.05) is 22.0 Å². The van der Waals surface area contributed by atoms with Crippen molar-refractivity contribution in [1.82, 2.24) is 9.88 Å². The fraction of sp³-hybridized carbons (Fsp3) is 0.400. The summed E-state index contributed by atoms with van der Waals surface area (Å²) in [5.74, 6) is -0.208. The molecule has 1 fully saturated rings. The van der Waals surface area contributed by atoms with Crippen LogP contribution < -0.4 is 4.90 Å². The molecule has 0 saturated carbocycles. The predicted octanol–water partition coefficient (Wildman–Crippen LogP) is 3.64. The summed E-state index contributed by atoms with van der Waals surface area (Å²) in [6.45, 7) is 1.28. The Kier molecular flexibility index (Phi) is 6.79. The van der Waals surface area contributed by atoms with E-state index in [-0.39, 0.29) is 31.3 Å². The van der Waals surface area contributed by atoms with Gasteiger partial charge in [-0.15, -0.1) is 0 Å². The number of anilines is 1. The predicted molar refractivity (Wildman–Crippen MR) is 106 cm³/mol. The van der Waals surface area contributed by atoms with Crippen molar-refractivity contribution in [3.05, 3.63) is 57.7 Å². The zero-order chi connectivity index (χ0) is 21.0. The second-order valence-corrected chi connectivity index (χ2v) is 7.76. The van der Waals surface area contributed by atoms with Crippen LogP contribution in [-0.4, -0.2) is 47.1 Å². The number of carbonyl (C=O) groups excluding carboxylic acids is 1. The molecule has 0 radical (unpaired) electrons. The van der Waals surface area contributed by atoms with Crippen molar-refractivity contribution >= 4 is 27.7 Å². The molecule has 0 aliphatic carbocycles. The first kappa shape index (κ1) is 21.6. The Morgan fingerprint density at radius 3 is 2.66 bits per heavy atom. The number of alkyl halides is 3. The summed E-state index contributed by atoms with van der Waals surface area (Å²) in [5.41, 5.74) is 0.653. The van der Waals surface area contributed by atoms with Crippen LogP contribution in [0.4, 0.5) is 19.0 Å². The maximum absolute atomic E-state index is 13.3. The molecule has 29 heavy (non-hydrogen) atoms. The first-order valence-corrected chi connectivity index (χ1v) is 10.0. The minimum atomic E-state index is -4.48. The van der Waals surface area contributed by atoms with E-state index in [2.05, 4.69) is 20.9 Å². The first-order chi connectivity index (χ1) is 13.8. The highest BCUT2D eigenvalue weighted by Gasteiger charge is 2.36. The van der Waals surface area contributed by atoms with E-state index in [0.29, 0.717) is 31.6 Å². The van der Waals surface area contributed by atoms with E-state index in [0.717, 1.165) is 16.1 Å². The highest BCUT2D eigenvalue weighted by Crippen LogP contribution is 2.35. The molecule has 1 N–H and O–H groups in total. The lowest BCUT2D eigenvalue weighted by atomic mass is 10.0. The number of benzene rings is 1. The van der Waals surface area contributed by atoms with Crippen molar-refractivity contribution in [2.75, 3.05) is 31.1 Å². The van der Waals surface area contributed by atoms with Crippen molar-refractivity contribution in [3.63, 3.8) is 0 Å². The molecule has 1 aliphatic heterocycles. The van der Waals surface area contributed by atoms with E-state index in [1.54, 1.807) is 28.0 Å². The lowest BCUT2D eigenvalue weighted by Crippen LogP contribution is -2.36. The molecule has 1 amide bonds. The lowest BCUT2D eigenvalue weighted by molar-refractivity contribution is -0.137. The normalized spacial score (nSPS) is 15.3. The van der Waals surface area contributed by atoms with Crippen LogP contribution in [0, 0.1) is 0 Å². The summed E-state index contributed by atoms with van der Waals surface area (Å²) >= 11 is 3.37. The topological polar surface area (TPSA) is 56.7 Å². The smallest absolute Gasteiger partial charge is 0.392 e. The average Bonchev–Trinajstić information content (AvgIpc) is 2.94. The summed E-state index contributed by atoms with van der Waals surface area (Å²) in [7, 11) is 0. The number of hydrogen-bond donors (Lipinski definition) is 1. The van der Waals surface area contributed by atoms with Gasteiger partial charge in [0.1, 0.15) is 5.82 Å². The molecule has 0 spiro atoms. The molecule has 2 heterocycles. The maximum Gasteiger partial charge on any atom is 0.419 e. The molecule has 5 nitrogen and oxygen atoms in total. The standard InChI is InChI=1S/C20H21BrF3N3O2/c21-16-5-4-14(13-28)15(11-16)12-18(29)26-7-2-8-27(10-9-26)19-17(20(22,23)24)3-1-6-25-19/h1,3-6,11,28H,2,7-10,12-13H2. The van der Waals surface area contributed by atoms with Gasteiger partial charge in [0.15, 0.2) is 0 Å². The molecule has 0 bridgehead atoms. The summed E-state index contributed by atoms with van der Waals surface area (Å²) in [5, 5.41) is 9.48. The lowest BCUT2D eigenvalue weighted by Gasteiger charge is -2.25. The van der Waals surface area contributed by atoms with Crippen LogP contribution in [0.15, 0.2) is 41.0 Å². The second kappa shape index (κ2) is 9.13. The minimum Gasteiger partial charge on any atom is -0.392 e. The van der Waals surface area contributed by atoms with Crippen LogP contribution in [0.1, 0.15) is 23.1 Å². The van der Waals surface area contributed by atoms with Crippen LogP contribution in [0.2, 0.25) is 0 Å². The van der Waals surface area contributed by atoms with Crippen molar-refractivity contribution in [2.45, 2.75) is 25.6 Å². The van der Waals surface area contributed by atoms with Gasteiger partial charge in [0.2, 0.25) is 5.91 Å². The summed E-state index contributed by atoms with van der Waals surface area (Å²) in [6.07, 6.45) is -2.45. The van der Waals surface area contributed by atoms with E-state index >= 15 is 0 Å². The number of carbonyl (C=O) groups is 1. The number of halogens is 4. The van der Waals surface area contributed by atoms with Crippen LogP contribution in [-0.2, 0) is 24.0 Å². The number of rotatable bonds is 4. The largest absolute Gasteiger partial charge is 0.419 e. The molecule has 156 valence electrons. The number of aliphatic hydroxyl groups is 1. The Morgan fingerprint density at radius 2 is 1.93 bits per heavy atom. The molecular formula is C20H21BrF3N3O2. The van der Waals surface area contributed by atoms with Crippen LogP contribution in [0.5, 0.6) is 0 Å². The molecular weight excluding hydrogens is 451 g/mol. The fourth-order valence-electron chi connectivity index (χ4n) is 3.44. The van der Waals surface area contributed by atoms with Crippen LogP contribution in [0.25, 0.3) is 0 Å². The molecule has 1 aromatic heterocycles. The summed E-state index contributed by atoms with van der Waals surface area (Å²) < 4.78 is 40.7. The van der Waals surface area contributed by atoms with Gasteiger partial charge in [-0.3, -0.25) is 4.79 Å². The van der Waals surface area contributed by atoms with Gasteiger partial charge in [0.05, 0.1) is 18.6 Å². The third-order valence-corrected chi connectivity index (χ3v) is 5.41. The zero-order valence-electron chi connectivity index (χ0n) is 15.6. The van der Waals surface area contributed by atoms with Gasteiger partial charge in [0.25, 0.3) is 0 Å². The SMILES string of the molecule is O=C(Cc1cc(Br)ccc1CO)N1CCCN(c2ncccc2C(F)(F)F)CC1. The van der Waals surface area contributed by atoms with Crippen LogP contribution >= 0.6 is 15.9 Å². The fourth-order valence-corrected chi connectivity index (χ4v) is 3.85. The van der Waals surface area contributed by atoms with Crippen LogP contribution in [0.3, 0.4) is 0 Å². The number of amides is 1. The van der Waals surface area contributed by atoms with Gasteiger partial charge in [0, 0.05) is 36.8 Å². The van der Waals surface area contributed by atoms with E-state index in [4.69, 9.17) is 0 Å². The number of aromatic nitrogens is 1. The van der Waals surface area contributed by atoms with Gasteiger partial charge in [-0.25, -0.2) is 4.98 Å². The number of pyridine rings is 1. The van der Waals surface area contributed by atoms with Gasteiger partial charge in [-0.05, 0) is 41.8 Å².